The van der Waals surface area contributed by atoms with Crippen LogP contribution in [0.3, 0.4) is 0 Å². The molecule has 0 nitrogen and oxygen atoms in total. The third kappa shape index (κ3) is 4.06. The molecule has 42 valence electrons. The molecular weight excluding hydrogens is 308 g/mol. The Balaban J connectivity index is 3.79. The lowest BCUT2D eigenvalue weighted by atomic mass is 10.6. The van der Waals surface area contributed by atoms with Crippen LogP contribution >= 0.6 is 60.0 Å². The van der Waals surface area contributed by atoms with Crippen LogP contribution < -0.4 is 0 Å². The van der Waals surface area contributed by atoms with E-state index in [0.29, 0.717) is 0 Å². The lowest BCUT2D eigenvalue weighted by molar-refractivity contribution is 1.76. The quantitative estimate of drug-likeness (QED) is 0.489. The van der Waals surface area contributed by atoms with E-state index in [1.165, 1.54) is 0 Å². The van der Waals surface area contributed by atoms with Crippen molar-refractivity contribution in [1.29, 1.82) is 0 Å². The summed E-state index contributed by atoms with van der Waals surface area (Å²) in [6.45, 7) is 1.84. The zero-order chi connectivity index (χ0) is 6.08. The molecule has 0 fully saturated rings. The summed E-state index contributed by atoms with van der Waals surface area (Å²) in [4.78, 5) is 0.826. The van der Waals surface area contributed by atoms with Gasteiger partial charge in [-0.15, -0.1) is 0 Å². The molecule has 0 aromatic heterocycles. The Labute approximate surface area is 73.4 Å². The fraction of sp³-hybridized carbons (Fsp3) is 0.667. The number of thiocarbonyl (C=S) groups is 1. The van der Waals surface area contributed by atoms with Gasteiger partial charge in [-0.25, -0.2) is 0 Å². The highest BCUT2D eigenvalue weighted by Gasteiger charge is 2.18. The zero-order valence-electron chi connectivity index (χ0n) is 3.54. The van der Waals surface area contributed by atoms with Crippen molar-refractivity contribution in [1.82, 2.24) is 0 Å². The van der Waals surface area contributed by atoms with Gasteiger partial charge in [0, 0.05) is 4.86 Å². The number of hydrogen-bond acceptors (Lipinski definition) is 1. The van der Waals surface area contributed by atoms with Crippen molar-refractivity contribution in [3.05, 3.63) is 0 Å². The van der Waals surface area contributed by atoms with E-state index in [4.69, 9.17) is 12.2 Å². The van der Waals surface area contributed by atoms with Crippen LogP contribution in [-0.2, 0) is 0 Å². The smallest absolute Gasteiger partial charge is 0.0866 e. The van der Waals surface area contributed by atoms with Gasteiger partial charge in [-0.2, -0.15) is 0 Å². The van der Waals surface area contributed by atoms with Gasteiger partial charge < -0.3 is 0 Å². The Morgan fingerprint density at radius 1 is 1.43 bits per heavy atom. The molecule has 0 heterocycles. The minimum atomic E-state index is -0.331. The molecule has 0 bridgehead atoms. The Morgan fingerprint density at radius 3 is 1.57 bits per heavy atom. The maximum absolute atomic E-state index is 4.79. The van der Waals surface area contributed by atoms with Crippen LogP contribution in [0.4, 0.5) is 0 Å². The average molecular weight is 311 g/mol. The molecule has 0 aromatic carbocycles. The number of hydrogen-bond donors (Lipinski definition) is 0. The second-order valence-corrected chi connectivity index (χ2v) is 8.43. The molecule has 0 aliphatic heterocycles. The summed E-state index contributed by atoms with van der Waals surface area (Å²) in [6, 6.07) is 0. The van der Waals surface area contributed by atoms with E-state index in [0.717, 1.165) is 4.86 Å². The Morgan fingerprint density at radius 2 is 1.57 bits per heavy atom. The predicted octanol–water partition coefficient (Wildman–Crippen LogP) is 3.21. The highest BCUT2D eigenvalue weighted by molar-refractivity contribution is 9.40. The number of halogens is 3. The first kappa shape index (κ1) is 8.53. The molecular formula is C3H3Br3S. The summed E-state index contributed by atoms with van der Waals surface area (Å²) in [5.74, 6) is 0. The third-order valence-corrected chi connectivity index (χ3v) is 3.28. The molecule has 0 aliphatic rings. The summed E-state index contributed by atoms with van der Waals surface area (Å²) in [5.41, 5.74) is 0. The van der Waals surface area contributed by atoms with E-state index in [9.17, 15) is 0 Å². The largest absolute Gasteiger partial charge is 0.165 e. The SMILES string of the molecule is CC(=S)C(Br)(Br)Br. The fourth-order valence-electron chi connectivity index (χ4n) is 0. The minimum absolute atomic E-state index is 0.331. The molecule has 0 unspecified atom stereocenters. The fourth-order valence-corrected chi connectivity index (χ4v) is 0. The number of rotatable bonds is 0. The first-order chi connectivity index (χ1) is 2.94. The highest BCUT2D eigenvalue weighted by Crippen LogP contribution is 2.34. The highest BCUT2D eigenvalue weighted by atomic mass is 80.0. The van der Waals surface area contributed by atoms with E-state index in [1.54, 1.807) is 0 Å². The van der Waals surface area contributed by atoms with Crippen molar-refractivity contribution in [2.45, 2.75) is 9.07 Å². The zero-order valence-corrected chi connectivity index (χ0v) is 9.12. The van der Waals surface area contributed by atoms with Gasteiger partial charge in [-0.05, 0) is 6.92 Å². The first-order valence-electron chi connectivity index (χ1n) is 1.52. The molecule has 0 amide bonds. The second kappa shape index (κ2) is 2.90. The van der Waals surface area contributed by atoms with Crippen LogP contribution in [0.25, 0.3) is 0 Å². The van der Waals surface area contributed by atoms with E-state index in [2.05, 4.69) is 47.8 Å². The lowest BCUT2D eigenvalue weighted by Crippen LogP contribution is -2.08. The van der Waals surface area contributed by atoms with E-state index < -0.39 is 0 Å². The third-order valence-electron chi connectivity index (χ3n) is 0.399. The summed E-state index contributed by atoms with van der Waals surface area (Å²) in [7, 11) is 0. The van der Waals surface area contributed by atoms with Crippen LogP contribution in [0.2, 0.25) is 0 Å². The summed E-state index contributed by atoms with van der Waals surface area (Å²) in [5, 5.41) is 0. The summed E-state index contributed by atoms with van der Waals surface area (Å²) < 4.78 is -0.331. The van der Waals surface area contributed by atoms with Crippen molar-refractivity contribution in [2.75, 3.05) is 0 Å². The predicted molar refractivity (Wildman–Crippen MR) is 47.8 cm³/mol. The van der Waals surface area contributed by atoms with Gasteiger partial charge >= 0.3 is 0 Å². The minimum Gasteiger partial charge on any atom is -0.0866 e. The van der Waals surface area contributed by atoms with E-state index in [1.807, 2.05) is 6.92 Å². The van der Waals surface area contributed by atoms with Gasteiger partial charge in [-0.3, -0.25) is 0 Å². The Bertz CT molecular complexity index is 82.7. The van der Waals surface area contributed by atoms with Crippen LogP contribution in [0.5, 0.6) is 0 Å². The van der Waals surface area contributed by atoms with E-state index >= 15 is 0 Å². The second-order valence-electron chi connectivity index (χ2n) is 1.05. The normalized spacial score (nSPS) is 11.4. The molecule has 0 N–H and O–H groups in total. The molecule has 0 aromatic rings. The monoisotopic (exact) mass is 308 g/mol. The van der Waals surface area contributed by atoms with Crippen molar-refractivity contribution in [3.63, 3.8) is 0 Å². The molecule has 0 rings (SSSR count). The van der Waals surface area contributed by atoms with Crippen molar-refractivity contribution < 1.29 is 0 Å². The maximum atomic E-state index is 4.79. The molecule has 0 atom stereocenters. The topological polar surface area (TPSA) is 0 Å². The molecule has 0 spiro atoms. The lowest BCUT2D eigenvalue weighted by Gasteiger charge is -2.06. The van der Waals surface area contributed by atoms with Crippen LogP contribution in [0.1, 0.15) is 6.92 Å². The summed E-state index contributed by atoms with van der Waals surface area (Å²) >= 11 is 14.5. The molecule has 0 saturated carbocycles. The number of alkyl halides is 3. The molecule has 7 heavy (non-hydrogen) atoms. The van der Waals surface area contributed by atoms with Crippen molar-refractivity contribution >= 4 is 64.9 Å². The van der Waals surface area contributed by atoms with Crippen molar-refractivity contribution in [3.8, 4) is 0 Å². The van der Waals surface area contributed by atoms with Crippen LogP contribution in [0, 0.1) is 0 Å². The van der Waals surface area contributed by atoms with Gasteiger partial charge in [0.05, 0.1) is 0 Å². The van der Waals surface area contributed by atoms with Gasteiger partial charge in [0.2, 0.25) is 0 Å². The maximum Gasteiger partial charge on any atom is 0.165 e. The Kier molecular flexibility index (Phi) is 3.53. The molecule has 0 radical (unpaired) electrons. The standard InChI is InChI=1S/C3H3Br3S/c1-2(7)3(4,5)6/h1H3. The van der Waals surface area contributed by atoms with Gasteiger partial charge in [0.25, 0.3) is 0 Å². The van der Waals surface area contributed by atoms with Gasteiger partial charge in [0.1, 0.15) is 0 Å². The first-order valence-corrected chi connectivity index (χ1v) is 4.31. The van der Waals surface area contributed by atoms with Crippen molar-refractivity contribution in [2.24, 2.45) is 0 Å². The van der Waals surface area contributed by atoms with Crippen LogP contribution in [0.15, 0.2) is 0 Å². The molecule has 0 aliphatic carbocycles. The Hall–Kier alpha value is 1.53. The van der Waals surface area contributed by atoms with Crippen LogP contribution in [-0.4, -0.2) is 7.01 Å². The average Bonchev–Trinajstić information content (AvgIpc) is 1.31. The summed E-state index contributed by atoms with van der Waals surface area (Å²) in [6.07, 6.45) is 0. The molecule has 4 heteroatoms. The van der Waals surface area contributed by atoms with Gasteiger partial charge in [0.15, 0.2) is 2.14 Å². The molecule has 0 saturated heterocycles. The van der Waals surface area contributed by atoms with Gasteiger partial charge in [-0.1, -0.05) is 60.0 Å². The van der Waals surface area contributed by atoms with E-state index in [-0.39, 0.29) is 2.14 Å².